The number of para-hydroxylation sites is 2. The summed E-state index contributed by atoms with van der Waals surface area (Å²) in [5, 5.41) is 8.81. The SMILES string of the molecule is CN(Cc1ccc(F)c(C#N)c1)c1ccccc1N. The average Bonchev–Trinajstić information content (AvgIpc) is 2.41. The number of nitrogens with two attached hydrogens (primary N) is 1. The second kappa shape index (κ2) is 5.40. The molecule has 0 aliphatic carbocycles. The lowest BCUT2D eigenvalue weighted by molar-refractivity contribution is 0.623. The van der Waals surface area contributed by atoms with Gasteiger partial charge in [-0.2, -0.15) is 5.26 Å². The Bertz CT molecular complexity index is 632. The van der Waals surface area contributed by atoms with Crippen molar-refractivity contribution < 1.29 is 4.39 Å². The van der Waals surface area contributed by atoms with Gasteiger partial charge in [-0.1, -0.05) is 18.2 Å². The average molecular weight is 255 g/mol. The molecule has 3 nitrogen and oxygen atoms in total. The molecule has 4 heteroatoms. The van der Waals surface area contributed by atoms with Gasteiger partial charge in [0.1, 0.15) is 11.9 Å². The Morgan fingerprint density at radius 3 is 2.68 bits per heavy atom. The first-order chi connectivity index (χ1) is 9.11. The molecular formula is C15H14FN3. The number of halogens is 1. The molecule has 0 spiro atoms. The Morgan fingerprint density at radius 1 is 1.26 bits per heavy atom. The van der Waals surface area contributed by atoms with Gasteiger partial charge in [-0.15, -0.1) is 0 Å². The summed E-state index contributed by atoms with van der Waals surface area (Å²) in [6, 6.07) is 13.9. The molecule has 0 fully saturated rings. The summed E-state index contributed by atoms with van der Waals surface area (Å²) < 4.78 is 13.2. The van der Waals surface area contributed by atoms with Crippen molar-refractivity contribution in [2.24, 2.45) is 0 Å². The fraction of sp³-hybridized carbons (Fsp3) is 0.133. The Kier molecular flexibility index (Phi) is 3.67. The summed E-state index contributed by atoms with van der Waals surface area (Å²) in [5.41, 5.74) is 8.42. The highest BCUT2D eigenvalue weighted by Crippen LogP contribution is 2.23. The van der Waals surface area contributed by atoms with E-state index in [9.17, 15) is 4.39 Å². The van der Waals surface area contributed by atoms with Crippen LogP contribution in [-0.2, 0) is 6.54 Å². The zero-order valence-electron chi connectivity index (χ0n) is 10.6. The highest BCUT2D eigenvalue weighted by atomic mass is 19.1. The molecule has 0 heterocycles. The Labute approximate surface area is 111 Å². The zero-order chi connectivity index (χ0) is 13.8. The van der Waals surface area contributed by atoms with Crippen LogP contribution in [0.5, 0.6) is 0 Å². The van der Waals surface area contributed by atoms with Crippen molar-refractivity contribution in [2.75, 3.05) is 17.7 Å². The summed E-state index contributed by atoms with van der Waals surface area (Å²) in [5.74, 6) is -0.492. The normalized spacial score (nSPS) is 9.95. The first kappa shape index (κ1) is 12.9. The van der Waals surface area contributed by atoms with Crippen molar-refractivity contribution in [3.05, 3.63) is 59.4 Å². The number of rotatable bonds is 3. The summed E-state index contributed by atoms with van der Waals surface area (Å²) in [6.07, 6.45) is 0. The maximum atomic E-state index is 13.2. The van der Waals surface area contributed by atoms with Crippen molar-refractivity contribution in [1.29, 1.82) is 5.26 Å². The van der Waals surface area contributed by atoms with E-state index < -0.39 is 5.82 Å². The molecular weight excluding hydrogens is 241 g/mol. The standard InChI is InChI=1S/C15H14FN3/c1-19(15-5-3-2-4-14(15)18)10-11-6-7-13(16)12(8-11)9-17/h2-8H,10,18H2,1H3. The molecule has 0 radical (unpaired) electrons. The van der Waals surface area contributed by atoms with Gasteiger partial charge >= 0.3 is 0 Å². The van der Waals surface area contributed by atoms with E-state index in [0.717, 1.165) is 11.3 Å². The molecule has 2 N–H and O–H groups in total. The molecule has 2 aromatic rings. The molecule has 0 amide bonds. The van der Waals surface area contributed by atoms with Gasteiger partial charge in [0.05, 0.1) is 16.9 Å². The molecule has 0 atom stereocenters. The van der Waals surface area contributed by atoms with Crippen LogP contribution in [0.3, 0.4) is 0 Å². The first-order valence-corrected chi connectivity index (χ1v) is 5.86. The monoisotopic (exact) mass is 255 g/mol. The van der Waals surface area contributed by atoms with Crippen LogP contribution >= 0.6 is 0 Å². The van der Waals surface area contributed by atoms with Gasteiger partial charge < -0.3 is 10.6 Å². The first-order valence-electron chi connectivity index (χ1n) is 5.86. The van der Waals surface area contributed by atoms with Gasteiger partial charge in [0.15, 0.2) is 0 Å². The number of benzene rings is 2. The molecule has 2 aromatic carbocycles. The second-order valence-electron chi connectivity index (χ2n) is 4.34. The lowest BCUT2D eigenvalue weighted by Crippen LogP contribution is -2.17. The van der Waals surface area contributed by atoms with Crippen molar-refractivity contribution in [2.45, 2.75) is 6.54 Å². The van der Waals surface area contributed by atoms with E-state index in [1.165, 1.54) is 6.07 Å². The molecule has 0 saturated heterocycles. The maximum absolute atomic E-state index is 13.2. The van der Waals surface area contributed by atoms with Crippen molar-refractivity contribution in [3.63, 3.8) is 0 Å². The third-order valence-electron chi connectivity index (χ3n) is 2.92. The second-order valence-corrected chi connectivity index (χ2v) is 4.34. The van der Waals surface area contributed by atoms with Gasteiger partial charge in [-0.05, 0) is 29.8 Å². The topological polar surface area (TPSA) is 53.0 Å². The maximum Gasteiger partial charge on any atom is 0.140 e. The van der Waals surface area contributed by atoms with Crippen LogP contribution in [0.4, 0.5) is 15.8 Å². The van der Waals surface area contributed by atoms with Gasteiger partial charge in [0.25, 0.3) is 0 Å². The Hall–Kier alpha value is -2.54. The van der Waals surface area contributed by atoms with Crippen LogP contribution in [-0.4, -0.2) is 7.05 Å². The predicted molar refractivity (Wildman–Crippen MR) is 74.1 cm³/mol. The van der Waals surface area contributed by atoms with Gasteiger partial charge in [0.2, 0.25) is 0 Å². The highest BCUT2D eigenvalue weighted by Gasteiger charge is 2.07. The lowest BCUT2D eigenvalue weighted by Gasteiger charge is -2.21. The van der Waals surface area contributed by atoms with Gasteiger partial charge in [0, 0.05) is 13.6 Å². The Morgan fingerprint density at radius 2 is 2.00 bits per heavy atom. The summed E-state index contributed by atoms with van der Waals surface area (Å²) >= 11 is 0. The van der Waals surface area contributed by atoms with Crippen LogP contribution in [0.1, 0.15) is 11.1 Å². The van der Waals surface area contributed by atoms with Crippen molar-refractivity contribution in [3.8, 4) is 6.07 Å². The van der Waals surface area contributed by atoms with E-state index in [1.807, 2.05) is 42.3 Å². The highest BCUT2D eigenvalue weighted by molar-refractivity contribution is 5.66. The van der Waals surface area contributed by atoms with Crippen LogP contribution in [0.25, 0.3) is 0 Å². The van der Waals surface area contributed by atoms with E-state index in [2.05, 4.69) is 0 Å². The molecule has 96 valence electrons. The predicted octanol–water partition coefficient (Wildman–Crippen LogP) is 2.92. The van der Waals surface area contributed by atoms with E-state index in [0.29, 0.717) is 12.2 Å². The van der Waals surface area contributed by atoms with Gasteiger partial charge in [-0.25, -0.2) is 4.39 Å². The third kappa shape index (κ3) is 2.83. The number of hydrogen-bond acceptors (Lipinski definition) is 3. The molecule has 19 heavy (non-hydrogen) atoms. The van der Waals surface area contributed by atoms with Crippen LogP contribution in [0.15, 0.2) is 42.5 Å². The van der Waals surface area contributed by atoms with Crippen LogP contribution in [0, 0.1) is 17.1 Å². The van der Waals surface area contributed by atoms with E-state index >= 15 is 0 Å². The molecule has 0 bridgehead atoms. The van der Waals surface area contributed by atoms with Crippen LogP contribution < -0.4 is 10.6 Å². The summed E-state index contributed by atoms with van der Waals surface area (Å²) in [7, 11) is 1.90. The molecule has 0 aliphatic heterocycles. The molecule has 0 saturated carbocycles. The Balaban J connectivity index is 2.22. The summed E-state index contributed by atoms with van der Waals surface area (Å²) in [6.45, 7) is 0.559. The number of nitrogen functional groups attached to an aromatic ring is 1. The smallest absolute Gasteiger partial charge is 0.140 e. The summed E-state index contributed by atoms with van der Waals surface area (Å²) in [4.78, 5) is 1.96. The fourth-order valence-electron chi connectivity index (χ4n) is 1.95. The molecule has 2 rings (SSSR count). The molecule has 0 unspecified atom stereocenters. The number of nitriles is 1. The minimum atomic E-state index is -0.492. The molecule has 0 aliphatic rings. The quantitative estimate of drug-likeness (QED) is 0.858. The van der Waals surface area contributed by atoms with Crippen molar-refractivity contribution in [1.82, 2.24) is 0 Å². The zero-order valence-corrected chi connectivity index (χ0v) is 10.6. The van der Waals surface area contributed by atoms with Crippen LogP contribution in [0.2, 0.25) is 0 Å². The van der Waals surface area contributed by atoms with Crippen molar-refractivity contribution >= 4 is 11.4 Å². The van der Waals surface area contributed by atoms with E-state index in [1.54, 1.807) is 12.1 Å². The van der Waals surface area contributed by atoms with Gasteiger partial charge in [-0.3, -0.25) is 0 Å². The van der Waals surface area contributed by atoms with E-state index in [-0.39, 0.29) is 5.56 Å². The molecule has 0 aromatic heterocycles. The minimum Gasteiger partial charge on any atom is -0.397 e. The number of anilines is 2. The minimum absolute atomic E-state index is 0.0620. The number of nitrogens with zero attached hydrogens (tertiary/aromatic N) is 2. The lowest BCUT2D eigenvalue weighted by atomic mass is 10.1. The fourth-order valence-corrected chi connectivity index (χ4v) is 1.95. The third-order valence-corrected chi connectivity index (χ3v) is 2.92. The largest absolute Gasteiger partial charge is 0.397 e. The van der Waals surface area contributed by atoms with E-state index in [4.69, 9.17) is 11.0 Å². The number of hydrogen-bond donors (Lipinski definition) is 1.